The van der Waals surface area contributed by atoms with Crippen molar-refractivity contribution in [2.45, 2.75) is 4.34 Å². The van der Waals surface area contributed by atoms with Crippen LogP contribution >= 0.6 is 34.7 Å². The molecule has 24 heavy (non-hydrogen) atoms. The van der Waals surface area contributed by atoms with Gasteiger partial charge in [0.25, 0.3) is 5.91 Å². The molecular weight excluding hydrogens is 372 g/mol. The molecule has 1 aromatic carbocycles. The highest BCUT2D eigenvalue weighted by Crippen LogP contribution is 2.23. The van der Waals surface area contributed by atoms with Crippen molar-refractivity contribution >= 4 is 52.2 Å². The fraction of sp³-hybridized carbons (Fsp3) is 0.286. The Morgan fingerprint density at radius 1 is 1.38 bits per heavy atom. The predicted octanol–water partition coefficient (Wildman–Crippen LogP) is 2.30. The number of nitrogens with one attached hydrogen (secondary N) is 2. The largest absolute Gasteiger partial charge is 0.383 e. The fourth-order valence-electron chi connectivity index (χ4n) is 1.58. The number of rotatable bonds is 8. The van der Waals surface area contributed by atoms with Crippen LogP contribution in [0.4, 0.5) is 5.69 Å². The third-order valence-corrected chi connectivity index (χ3v) is 4.93. The average Bonchev–Trinajstić information content (AvgIpc) is 3.02. The Bertz CT molecular complexity index is 711. The number of hydrogen-bond donors (Lipinski definition) is 2. The molecule has 0 radical (unpaired) electrons. The van der Waals surface area contributed by atoms with Crippen LogP contribution in [-0.2, 0) is 9.53 Å². The molecule has 0 bridgehead atoms. The number of anilines is 1. The van der Waals surface area contributed by atoms with E-state index in [1.54, 1.807) is 31.4 Å². The van der Waals surface area contributed by atoms with Gasteiger partial charge in [-0.25, -0.2) is 0 Å². The van der Waals surface area contributed by atoms with Crippen molar-refractivity contribution in [3.05, 3.63) is 34.3 Å². The monoisotopic (exact) mass is 386 g/mol. The molecule has 1 aromatic heterocycles. The number of benzene rings is 1. The van der Waals surface area contributed by atoms with E-state index >= 15 is 0 Å². The summed E-state index contributed by atoms with van der Waals surface area (Å²) in [5, 5.41) is 13.9. The van der Waals surface area contributed by atoms with Gasteiger partial charge in [0.1, 0.15) is 0 Å². The van der Waals surface area contributed by atoms with Crippen LogP contribution in [0, 0.1) is 0 Å². The maximum atomic E-state index is 12.1. The van der Waals surface area contributed by atoms with E-state index in [2.05, 4.69) is 20.8 Å². The summed E-state index contributed by atoms with van der Waals surface area (Å²) in [7, 11) is 1.57. The van der Waals surface area contributed by atoms with Crippen LogP contribution < -0.4 is 10.6 Å². The highest BCUT2D eigenvalue weighted by molar-refractivity contribution is 8.01. The van der Waals surface area contributed by atoms with Crippen LogP contribution in [-0.4, -0.2) is 48.0 Å². The molecule has 7 nitrogen and oxygen atoms in total. The lowest BCUT2D eigenvalue weighted by atomic mass is 10.3. The molecule has 2 aromatic rings. The van der Waals surface area contributed by atoms with Gasteiger partial charge in [-0.1, -0.05) is 40.8 Å². The van der Waals surface area contributed by atoms with E-state index in [1.807, 2.05) is 0 Å². The number of aromatic nitrogens is 2. The van der Waals surface area contributed by atoms with Crippen molar-refractivity contribution in [3.63, 3.8) is 0 Å². The molecule has 0 unspecified atom stereocenters. The number of ether oxygens (including phenoxy) is 1. The molecule has 2 amide bonds. The molecule has 0 fully saturated rings. The van der Waals surface area contributed by atoms with Gasteiger partial charge >= 0.3 is 0 Å². The topological polar surface area (TPSA) is 93.2 Å². The average molecular weight is 387 g/mol. The fourth-order valence-corrected chi connectivity index (χ4v) is 3.35. The molecule has 0 aliphatic heterocycles. The quantitative estimate of drug-likeness (QED) is 0.534. The summed E-state index contributed by atoms with van der Waals surface area (Å²) in [5.41, 5.74) is 0.578. The summed E-state index contributed by atoms with van der Waals surface area (Å²) in [6.45, 7) is 0.919. The van der Waals surface area contributed by atoms with Crippen LogP contribution in [0.1, 0.15) is 9.80 Å². The van der Waals surface area contributed by atoms with Crippen molar-refractivity contribution < 1.29 is 14.3 Å². The second-order valence-corrected chi connectivity index (χ2v) is 7.11. The van der Waals surface area contributed by atoms with Gasteiger partial charge in [-0.15, -0.1) is 10.2 Å². The van der Waals surface area contributed by atoms with E-state index in [-0.39, 0.29) is 22.6 Å². The lowest BCUT2D eigenvalue weighted by Gasteiger charge is -2.02. The molecule has 0 aliphatic rings. The van der Waals surface area contributed by atoms with Crippen LogP contribution in [0.15, 0.2) is 28.6 Å². The van der Waals surface area contributed by atoms with Gasteiger partial charge in [0, 0.05) is 24.4 Å². The number of carbonyl (C=O) groups excluding carboxylic acids is 2. The van der Waals surface area contributed by atoms with Gasteiger partial charge < -0.3 is 15.4 Å². The summed E-state index contributed by atoms with van der Waals surface area (Å²) in [4.78, 5) is 23.7. The Morgan fingerprint density at radius 3 is 2.96 bits per heavy atom. The summed E-state index contributed by atoms with van der Waals surface area (Å²) in [6.07, 6.45) is 0. The normalized spacial score (nSPS) is 10.4. The molecule has 0 saturated heterocycles. The number of amides is 2. The van der Waals surface area contributed by atoms with Gasteiger partial charge in [0.2, 0.25) is 10.9 Å². The SMILES string of the molecule is COCCNC(=O)CSc1nnc(C(=O)Nc2cccc(Cl)c2)s1. The van der Waals surface area contributed by atoms with Crippen LogP contribution in [0.25, 0.3) is 0 Å². The van der Waals surface area contributed by atoms with E-state index in [0.717, 1.165) is 11.3 Å². The van der Waals surface area contributed by atoms with Gasteiger partial charge in [-0.2, -0.15) is 0 Å². The zero-order valence-electron chi connectivity index (χ0n) is 12.7. The van der Waals surface area contributed by atoms with E-state index in [9.17, 15) is 9.59 Å². The Labute approximate surface area is 152 Å². The van der Waals surface area contributed by atoms with Crippen molar-refractivity contribution in [2.24, 2.45) is 0 Å². The van der Waals surface area contributed by atoms with Crippen LogP contribution in [0.5, 0.6) is 0 Å². The maximum absolute atomic E-state index is 12.1. The lowest BCUT2D eigenvalue weighted by Crippen LogP contribution is -2.28. The molecule has 2 N–H and O–H groups in total. The third-order valence-electron chi connectivity index (χ3n) is 2.64. The Morgan fingerprint density at radius 2 is 2.21 bits per heavy atom. The molecule has 0 saturated carbocycles. The van der Waals surface area contributed by atoms with Crippen molar-refractivity contribution in [3.8, 4) is 0 Å². The minimum Gasteiger partial charge on any atom is -0.383 e. The summed E-state index contributed by atoms with van der Waals surface area (Å²) in [5.74, 6) is -0.294. The second-order valence-electron chi connectivity index (χ2n) is 4.47. The summed E-state index contributed by atoms with van der Waals surface area (Å²) in [6, 6.07) is 6.82. The maximum Gasteiger partial charge on any atom is 0.286 e. The summed E-state index contributed by atoms with van der Waals surface area (Å²) < 4.78 is 5.40. The Kier molecular flexibility index (Phi) is 7.44. The molecule has 0 atom stereocenters. The molecule has 0 spiro atoms. The summed E-state index contributed by atoms with van der Waals surface area (Å²) >= 11 is 8.22. The van der Waals surface area contributed by atoms with E-state index < -0.39 is 0 Å². The van der Waals surface area contributed by atoms with Crippen LogP contribution in [0.2, 0.25) is 5.02 Å². The molecule has 0 aliphatic carbocycles. The first-order valence-corrected chi connectivity index (χ1v) is 9.05. The first kappa shape index (κ1) is 18.7. The van der Waals surface area contributed by atoms with E-state index in [1.165, 1.54) is 11.8 Å². The molecule has 2 rings (SSSR count). The minimum atomic E-state index is -0.369. The highest BCUT2D eigenvalue weighted by atomic mass is 35.5. The number of thioether (sulfide) groups is 1. The first-order valence-electron chi connectivity index (χ1n) is 6.87. The number of methoxy groups -OCH3 is 1. The van der Waals surface area contributed by atoms with Crippen molar-refractivity contribution in [1.29, 1.82) is 0 Å². The van der Waals surface area contributed by atoms with Gasteiger partial charge in [-0.3, -0.25) is 9.59 Å². The van der Waals surface area contributed by atoms with Crippen LogP contribution in [0.3, 0.4) is 0 Å². The van der Waals surface area contributed by atoms with E-state index in [4.69, 9.17) is 16.3 Å². The van der Waals surface area contributed by atoms with Crippen molar-refractivity contribution in [1.82, 2.24) is 15.5 Å². The zero-order valence-corrected chi connectivity index (χ0v) is 15.1. The first-order chi connectivity index (χ1) is 11.6. The number of hydrogen-bond acceptors (Lipinski definition) is 7. The van der Waals surface area contributed by atoms with Gasteiger partial charge in [-0.05, 0) is 18.2 Å². The third kappa shape index (κ3) is 6.08. The molecule has 1 heterocycles. The molecule has 10 heteroatoms. The van der Waals surface area contributed by atoms with Gasteiger partial charge in [0.15, 0.2) is 4.34 Å². The van der Waals surface area contributed by atoms with Gasteiger partial charge in [0.05, 0.1) is 12.4 Å². The number of carbonyl (C=O) groups is 2. The number of nitrogens with zero attached hydrogens (tertiary/aromatic N) is 2. The van der Waals surface area contributed by atoms with Crippen molar-refractivity contribution in [2.75, 3.05) is 31.3 Å². The Balaban J connectivity index is 1.83. The predicted molar refractivity (Wildman–Crippen MR) is 94.9 cm³/mol. The smallest absolute Gasteiger partial charge is 0.286 e. The Hall–Kier alpha value is -1.68. The second kappa shape index (κ2) is 9.58. The minimum absolute atomic E-state index is 0.128. The standard InChI is InChI=1S/C14H15ClN4O3S2/c1-22-6-5-16-11(20)8-23-14-19-18-13(24-14)12(21)17-10-4-2-3-9(15)7-10/h2-4,7H,5-6,8H2,1H3,(H,16,20)(H,17,21). The van der Waals surface area contributed by atoms with E-state index in [0.29, 0.717) is 28.2 Å². The lowest BCUT2D eigenvalue weighted by molar-refractivity contribution is -0.118. The molecule has 128 valence electrons. The number of halogens is 1. The highest BCUT2D eigenvalue weighted by Gasteiger charge is 2.14. The molecular formula is C14H15ClN4O3S2. The zero-order chi connectivity index (χ0) is 17.4.